The molecule has 172 valence electrons. The van der Waals surface area contributed by atoms with Crippen molar-refractivity contribution in [3.8, 4) is 5.75 Å². The zero-order valence-electron chi connectivity index (χ0n) is 17.0. The molecule has 10 nitrogen and oxygen atoms in total. The van der Waals surface area contributed by atoms with Crippen molar-refractivity contribution in [3.05, 3.63) is 34.5 Å². The SMILES string of the molecule is O=C1N=C(N2CCCCN2P(=O)(O)O)S/C1=C\c1cc(F)ccc1OC(=O)N1CCCC1. The van der Waals surface area contributed by atoms with E-state index in [2.05, 4.69) is 4.99 Å². The molecule has 3 aliphatic heterocycles. The fourth-order valence-corrected chi connectivity index (χ4v) is 5.51. The number of benzene rings is 1. The molecule has 3 aliphatic rings. The zero-order valence-corrected chi connectivity index (χ0v) is 18.7. The van der Waals surface area contributed by atoms with Gasteiger partial charge in [0.15, 0.2) is 5.17 Å². The summed E-state index contributed by atoms with van der Waals surface area (Å²) in [4.78, 5) is 49.7. The third-order valence-electron chi connectivity index (χ3n) is 5.21. The van der Waals surface area contributed by atoms with E-state index in [9.17, 15) is 28.3 Å². The number of likely N-dealkylation sites (tertiary alicyclic amines) is 1. The number of carbonyl (C=O) groups excluding carboxylic acids is 2. The third kappa shape index (κ3) is 5.05. The maximum Gasteiger partial charge on any atom is 0.420 e. The third-order valence-corrected chi connectivity index (χ3v) is 7.22. The van der Waals surface area contributed by atoms with Crippen molar-refractivity contribution in [2.45, 2.75) is 25.7 Å². The number of carbonyl (C=O) groups is 2. The molecular formula is C19H22FN4O6PS. The molecule has 1 aromatic carbocycles. The fourth-order valence-electron chi connectivity index (χ4n) is 3.65. The summed E-state index contributed by atoms with van der Waals surface area (Å²) < 4.78 is 32.1. The van der Waals surface area contributed by atoms with Crippen molar-refractivity contribution in [1.82, 2.24) is 14.7 Å². The number of halogens is 1. The molecule has 4 rings (SSSR count). The largest absolute Gasteiger partial charge is 0.420 e. The van der Waals surface area contributed by atoms with Gasteiger partial charge in [0.2, 0.25) is 0 Å². The molecular weight excluding hydrogens is 462 g/mol. The highest BCUT2D eigenvalue weighted by Crippen LogP contribution is 2.45. The van der Waals surface area contributed by atoms with Crippen molar-refractivity contribution in [3.63, 3.8) is 0 Å². The first-order chi connectivity index (χ1) is 15.2. The van der Waals surface area contributed by atoms with Crippen LogP contribution in [0.3, 0.4) is 0 Å². The van der Waals surface area contributed by atoms with Gasteiger partial charge in [-0.15, -0.1) is 4.78 Å². The van der Waals surface area contributed by atoms with Gasteiger partial charge in [0.1, 0.15) is 11.6 Å². The zero-order chi connectivity index (χ0) is 22.9. The number of ether oxygens (including phenoxy) is 1. The number of nitrogens with zero attached hydrogens (tertiary/aromatic N) is 4. The van der Waals surface area contributed by atoms with Gasteiger partial charge in [-0.2, -0.15) is 4.99 Å². The molecule has 0 saturated carbocycles. The fraction of sp³-hybridized carbons (Fsp3) is 0.421. The molecule has 2 saturated heterocycles. The number of amides is 2. The molecule has 3 heterocycles. The summed E-state index contributed by atoms with van der Waals surface area (Å²) in [6, 6.07) is 3.63. The number of thioether (sulfide) groups is 1. The first-order valence-electron chi connectivity index (χ1n) is 10.1. The predicted octanol–water partition coefficient (Wildman–Crippen LogP) is 2.80. The van der Waals surface area contributed by atoms with Gasteiger partial charge in [-0.25, -0.2) is 13.8 Å². The second kappa shape index (κ2) is 9.32. The van der Waals surface area contributed by atoms with Crippen LogP contribution in [0.25, 0.3) is 6.08 Å². The van der Waals surface area contributed by atoms with E-state index in [-0.39, 0.29) is 27.9 Å². The highest BCUT2D eigenvalue weighted by Gasteiger charge is 2.38. The minimum absolute atomic E-state index is 0.104. The normalized spacial score (nSPS) is 21.4. The van der Waals surface area contributed by atoms with Crippen molar-refractivity contribution in [2.24, 2.45) is 4.99 Å². The minimum atomic E-state index is -4.57. The summed E-state index contributed by atoms with van der Waals surface area (Å²) in [5.74, 6) is -1.09. The molecule has 2 fully saturated rings. The van der Waals surface area contributed by atoms with Crippen molar-refractivity contribution in [1.29, 1.82) is 0 Å². The van der Waals surface area contributed by atoms with Crippen molar-refractivity contribution < 1.29 is 33.1 Å². The first kappa shape index (κ1) is 22.9. The molecule has 0 unspecified atom stereocenters. The monoisotopic (exact) mass is 484 g/mol. The second-order valence-electron chi connectivity index (χ2n) is 7.49. The van der Waals surface area contributed by atoms with Crippen LogP contribution in [0, 0.1) is 5.82 Å². The summed E-state index contributed by atoms with van der Waals surface area (Å²) in [5, 5.41) is 1.45. The van der Waals surface area contributed by atoms with Crippen LogP contribution in [0.2, 0.25) is 0 Å². The van der Waals surface area contributed by atoms with Gasteiger partial charge in [0.05, 0.1) is 4.91 Å². The van der Waals surface area contributed by atoms with E-state index in [1.165, 1.54) is 17.2 Å². The van der Waals surface area contributed by atoms with Gasteiger partial charge >= 0.3 is 13.8 Å². The van der Waals surface area contributed by atoms with Crippen LogP contribution in [-0.2, 0) is 9.36 Å². The van der Waals surface area contributed by atoms with E-state index in [4.69, 9.17) is 4.74 Å². The smallest absolute Gasteiger partial charge is 0.410 e. The summed E-state index contributed by atoms with van der Waals surface area (Å²) in [6.45, 7) is 1.62. The van der Waals surface area contributed by atoms with Crippen LogP contribution in [0.5, 0.6) is 5.75 Å². The van der Waals surface area contributed by atoms with Gasteiger partial charge in [0, 0.05) is 31.7 Å². The Bertz CT molecular complexity index is 1040. The molecule has 0 bridgehead atoms. The van der Waals surface area contributed by atoms with Gasteiger partial charge < -0.3 is 19.4 Å². The molecule has 0 spiro atoms. The summed E-state index contributed by atoms with van der Waals surface area (Å²) in [7, 11) is -4.57. The number of hydrogen-bond donors (Lipinski definition) is 2. The molecule has 0 aliphatic carbocycles. The van der Waals surface area contributed by atoms with Crippen LogP contribution in [0.15, 0.2) is 28.1 Å². The standard InChI is InChI=1S/C19H22FN4O6PS/c20-14-5-6-15(30-19(26)22-7-1-2-8-22)13(11-14)12-16-17(25)21-18(32-16)23-9-3-4-10-24(23)31(27,28)29/h5-6,11-12H,1-4,7-10H2,(H2,27,28,29)/b16-12-. The Morgan fingerprint density at radius 3 is 2.56 bits per heavy atom. The van der Waals surface area contributed by atoms with E-state index in [1.54, 1.807) is 4.90 Å². The van der Waals surface area contributed by atoms with E-state index < -0.39 is 25.6 Å². The lowest BCUT2D eigenvalue weighted by Crippen LogP contribution is -2.47. The van der Waals surface area contributed by atoms with Gasteiger partial charge in [-0.1, -0.05) is 0 Å². The summed E-state index contributed by atoms with van der Waals surface area (Å²) in [5.41, 5.74) is 0.190. The summed E-state index contributed by atoms with van der Waals surface area (Å²) in [6.07, 6.45) is 3.90. The van der Waals surface area contributed by atoms with Gasteiger partial charge in [-0.3, -0.25) is 9.80 Å². The number of hydrogen-bond acceptors (Lipinski definition) is 6. The molecule has 0 atom stereocenters. The lowest BCUT2D eigenvalue weighted by atomic mass is 10.2. The molecule has 13 heteroatoms. The highest BCUT2D eigenvalue weighted by molar-refractivity contribution is 8.18. The Morgan fingerprint density at radius 1 is 1.16 bits per heavy atom. The first-order valence-corrected chi connectivity index (χ1v) is 12.5. The molecule has 32 heavy (non-hydrogen) atoms. The lowest BCUT2D eigenvalue weighted by Gasteiger charge is -2.38. The number of rotatable bonds is 3. The van der Waals surface area contributed by atoms with E-state index >= 15 is 0 Å². The van der Waals surface area contributed by atoms with Crippen LogP contribution < -0.4 is 4.74 Å². The van der Waals surface area contributed by atoms with Crippen LogP contribution >= 0.6 is 19.5 Å². The van der Waals surface area contributed by atoms with Gasteiger partial charge in [0.25, 0.3) is 5.91 Å². The lowest BCUT2D eigenvalue weighted by molar-refractivity contribution is -0.113. The maximum atomic E-state index is 13.9. The topological polar surface area (TPSA) is 123 Å². The average molecular weight is 484 g/mol. The molecule has 0 aromatic heterocycles. The molecule has 0 radical (unpaired) electrons. The van der Waals surface area contributed by atoms with Gasteiger partial charge in [-0.05, 0) is 61.7 Å². The molecule has 2 N–H and O–H groups in total. The van der Waals surface area contributed by atoms with Crippen molar-refractivity contribution >= 4 is 42.8 Å². The number of amidine groups is 1. The van der Waals surface area contributed by atoms with Crippen LogP contribution in [-0.4, -0.2) is 67.8 Å². The Morgan fingerprint density at radius 2 is 1.84 bits per heavy atom. The number of hydrazine groups is 1. The highest BCUT2D eigenvalue weighted by atomic mass is 32.2. The quantitative estimate of drug-likeness (QED) is 0.492. The Kier molecular flexibility index (Phi) is 6.68. The maximum absolute atomic E-state index is 13.9. The predicted molar refractivity (Wildman–Crippen MR) is 116 cm³/mol. The Hall–Kier alpha value is -2.24. The van der Waals surface area contributed by atoms with E-state index in [1.807, 2.05) is 0 Å². The Balaban J connectivity index is 1.56. The van der Waals surface area contributed by atoms with E-state index in [0.717, 1.165) is 41.5 Å². The second-order valence-corrected chi connectivity index (χ2v) is 9.99. The average Bonchev–Trinajstić information content (AvgIpc) is 3.40. The number of aliphatic imine (C=N–C) groups is 1. The van der Waals surface area contributed by atoms with Crippen molar-refractivity contribution in [2.75, 3.05) is 26.2 Å². The molecule has 1 aromatic rings. The minimum Gasteiger partial charge on any atom is -0.410 e. The van der Waals surface area contributed by atoms with E-state index in [0.29, 0.717) is 32.5 Å². The Labute approximate surface area is 187 Å². The molecule has 2 amide bonds. The summed E-state index contributed by atoms with van der Waals surface area (Å²) >= 11 is 0.928. The van der Waals surface area contributed by atoms with Crippen LogP contribution in [0.1, 0.15) is 31.2 Å². The van der Waals surface area contributed by atoms with Crippen LogP contribution in [0.4, 0.5) is 9.18 Å².